The van der Waals surface area contributed by atoms with Crippen molar-refractivity contribution in [2.75, 3.05) is 0 Å². The normalized spacial score (nSPS) is 10.9. The molecule has 6 aromatic rings. The van der Waals surface area contributed by atoms with Gasteiger partial charge in [0.15, 0.2) is 0 Å². The number of hydrogen-bond acceptors (Lipinski definition) is 4. The fraction of sp³-hybridized carbons (Fsp3) is 0.0333. The molecule has 0 bridgehead atoms. The third-order valence-electron chi connectivity index (χ3n) is 5.96. The minimum Gasteiger partial charge on any atom is -0.486 e. The molecule has 180 valence electrons. The Balaban J connectivity index is 1.31. The van der Waals surface area contributed by atoms with Crippen molar-refractivity contribution in [1.82, 2.24) is 25.0 Å². The Hall–Kier alpha value is -4.68. The first kappa shape index (κ1) is 22.8. The molecule has 0 aliphatic heterocycles. The monoisotopic (exact) mass is 503 g/mol. The van der Waals surface area contributed by atoms with Gasteiger partial charge in [0, 0.05) is 16.1 Å². The number of H-pyrrole nitrogens is 1. The predicted molar refractivity (Wildman–Crippen MR) is 146 cm³/mol. The summed E-state index contributed by atoms with van der Waals surface area (Å²) in [5.41, 5.74) is 6.41. The van der Waals surface area contributed by atoms with Gasteiger partial charge in [-0.05, 0) is 36.4 Å². The van der Waals surface area contributed by atoms with Crippen molar-refractivity contribution >= 4 is 11.6 Å². The van der Waals surface area contributed by atoms with Crippen LogP contribution in [0.25, 0.3) is 39.6 Å². The van der Waals surface area contributed by atoms with E-state index in [0.717, 1.165) is 39.6 Å². The number of hydrogen-bond donors (Lipinski definition) is 1. The topological polar surface area (TPSA) is 68.6 Å². The lowest BCUT2D eigenvalue weighted by Gasteiger charge is -2.08. The van der Waals surface area contributed by atoms with E-state index in [0.29, 0.717) is 16.5 Å². The minimum absolute atomic E-state index is 0.266. The SMILES string of the molecule is Clc1ccc(-n2cc(COc3ccccc3-c3nc(-c4ccccc4)c(-c4ccccc4)[nH]3)nn2)cc1. The first-order valence-corrected chi connectivity index (χ1v) is 12.2. The van der Waals surface area contributed by atoms with Gasteiger partial charge in [0.05, 0.1) is 28.8 Å². The summed E-state index contributed by atoms with van der Waals surface area (Å²) in [5.74, 6) is 1.44. The first-order valence-electron chi connectivity index (χ1n) is 11.8. The lowest BCUT2D eigenvalue weighted by Crippen LogP contribution is -1.98. The summed E-state index contributed by atoms with van der Waals surface area (Å²) >= 11 is 6.00. The molecule has 0 unspecified atom stereocenters. The van der Waals surface area contributed by atoms with Gasteiger partial charge in [-0.2, -0.15) is 0 Å². The van der Waals surface area contributed by atoms with Crippen LogP contribution in [-0.2, 0) is 6.61 Å². The van der Waals surface area contributed by atoms with Gasteiger partial charge in [-0.25, -0.2) is 9.67 Å². The van der Waals surface area contributed by atoms with Crippen LogP contribution < -0.4 is 4.74 Å². The standard InChI is InChI=1S/C30H22ClN5O/c31-23-15-17-25(18-16-23)36-19-24(34-35-36)20-37-27-14-8-7-13-26(27)30-32-28(21-9-3-1-4-10-21)29(33-30)22-11-5-2-6-12-22/h1-19H,20H2,(H,32,33). The van der Waals surface area contributed by atoms with Gasteiger partial charge in [0.2, 0.25) is 0 Å². The summed E-state index contributed by atoms with van der Waals surface area (Å²) in [6, 6.07) is 35.7. The largest absolute Gasteiger partial charge is 0.486 e. The number of para-hydroxylation sites is 1. The number of rotatable bonds is 7. The number of benzene rings is 4. The highest BCUT2D eigenvalue weighted by atomic mass is 35.5. The molecular weight excluding hydrogens is 482 g/mol. The maximum absolute atomic E-state index is 6.21. The molecule has 6 rings (SSSR count). The van der Waals surface area contributed by atoms with Gasteiger partial charge < -0.3 is 9.72 Å². The summed E-state index contributed by atoms with van der Waals surface area (Å²) < 4.78 is 7.91. The molecule has 0 saturated carbocycles. The van der Waals surface area contributed by atoms with Crippen molar-refractivity contribution in [3.05, 3.63) is 126 Å². The second-order valence-electron chi connectivity index (χ2n) is 8.46. The Kier molecular flexibility index (Phi) is 6.23. The summed E-state index contributed by atoms with van der Waals surface area (Å²) in [6.07, 6.45) is 1.85. The van der Waals surface area contributed by atoms with E-state index in [1.165, 1.54) is 0 Å². The molecule has 0 radical (unpaired) electrons. The van der Waals surface area contributed by atoms with Crippen molar-refractivity contribution in [2.24, 2.45) is 0 Å². The fourth-order valence-corrected chi connectivity index (χ4v) is 4.27. The van der Waals surface area contributed by atoms with Crippen molar-refractivity contribution in [3.8, 4) is 45.3 Å². The molecule has 4 aromatic carbocycles. The third-order valence-corrected chi connectivity index (χ3v) is 6.22. The molecule has 2 aromatic heterocycles. The number of nitrogens with one attached hydrogen (secondary N) is 1. The Morgan fingerprint density at radius 3 is 2.19 bits per heavy atom. The molecule has 37 heavy (non-hydrogen) atoms. The zero-order valence-electron chi connectivity index (χ0n) is 19.8. The molecular formula is C30H22ClN5O. The van der Waals surface area contributed by atoms with E-state index in [4.69, 9.17) is 21.3 Å². The molecule has 0 fully saturated rings. The van der Waals surface area contributed by atoms with E-state index in [1.807, 2.05) is 91.1 Å². The van der Waals surface area contributed by atoms with Gasteiger partial charge in [-0.15, -0.1) is 5.10 Å². The zero-order chi connectivity index (χ0) is 25.0. The van der Waals surface area contributed by atoms with Crippen LogP contribution >= 0.6 is 11.6 Å². The molecule has 6 nitrogen and oxygen atoms in total. The van der Waals surface area contributed by atoms with Gasteiger partial charge in [-0.1, -0.05) is 89.6 Å². The van der Waals surface area contributed by atoms with E-state index in [-0.39, 0.29) is 6.61 Å². The van der Waals surface area contributed by atoms with E-state index in [1.54, 1.807) is 4.68 Å². The Labute approximate surface area is 219 Å². The average molecular weight is 504 g/mol. The summed E-state index contributed by atoms with van der Waals surface area (Å²) in [5, 5.41) is 9.15. The van der Waals surface area contributed by atoms with Crippen LogP contribution in [0.3, 0.4) is 0 Å². The van der Waals surface area contributed by atoms with Gasteiger partial charge in [0.1, 0.15) is 23.9 Å². The van der Waals surface area contributed by atoms with Crippen LogP contribution in [0.15, 0.2) is 115 Å². The second-order valence-corrected chi connectivity index (χ2v) is 8.89. The van der Waals surface area contributed by atoms with E-state index in [9.17, 15) is 0 Å². The smallest absolute Gasteiger partial charge is 0.142 e. The van der Waals surface area contributed by atoms with E-state index >= 15 is 0 Å². The molecule has 0 saturated heterocycles. The van der Waals surface area contributed by atoms with Gasteiger partial charge >= 0.3 is 0 Å². The lowest BCUT2D eigenvalue weighted by atomic mass is 10.1. The highest BCUT2D eigenvalue weighted by Crippen LogP contribution is 2.36. The number of ether oxygens (including phenoxy) is 1. The molecule has 0 spiro atoms. The number of nitrogens with zero attached hydrogens (tertiary/aromatic N) is 4. The molecule has 0 amide bonds. The maximum Gasteiger partial charge on any atom is 0.142 e. The third kappa shape index (κ3) is 4.87. The van der Waals surface area contributed by atoms with Gasteiger partial charge in [-0.3, -0.25) is 0 Å². The Morgan fingerprint density at radius 1 is 0.757 bits per heavy atom. The van der Waals surface area contributed by atoms with Crippen molar-refractivity contribution in [1.29, 1.82) is 0 Å². The lowest BCUT2D eigenvalue weighted by molar-refractivity contribution is 0.302. The summed E-state index contributed by atoms with van der Waals surface area (Å²) in [7, 11) is 0. The number of halogens is 1. The molecule has 7 heteroatoms. The number of imidazole rings is 1. The highest BCUT2D eigenvalue weighted by Gasteiger charge is 2.17. The average Bonchev–Trinajstić information content (AvgIpc) is 3.62. The molecule has 1 N–H and O–H groups in total. The molecule has 2 heterocycles. The van der Waals surface area contributed by atoms with Crippen molar-refractivity contribution < 1.29 is 4.74 Å². The molecule has 0 atom stereocenters. The van der Waals surface area contributed by atoms with Crippen LogP contribution in [0.5, 0.6) is 5.75 Å². The van der Waals surface area contributed by atoms with E-state index < -0.39 is 0 Å². The Bertz CT molecular complexity index is 1570. The number of aromatic nitrogens is 5. The van der Waals surface area contributed by atoms with Crippen LogP contribution in [-0.4, -0.2) is 25.0 Å². The van der Waals surface area contributed by atoms with Crippen LogP contribution in [0.4, 0.5) is 0 Å². The first-order chi connectivity index (χ1) is 18.2. The van der Waals surface area contributed by atoms with Gasteiger partial charge in [0.25, 0.3) is 0 Å². The summed E-state index contributed by atoms with van der Waals surface area (Å²) in [6.45, 7) is 0.266. The van der Waals surface area contributed by atoms with Crippen molar-refractivity contribution in [3.63, 3.8) is 0 Å². The van der Waals surface area contributed by atoms with Crippen molar-refractivity contribution in [2.45, 2.75) is 6.61 Å². The van der Waals surface area contributed by atoms with Crippen LogP contribution in [0, 0.1) is 0 Å². The highest BCUT2D eigenvalue weighted by molar-refractivity contribution is 6.30. The second kappa shape index (κ2) is 10.1. The Morgan fingerprint density at radius 2 is 1.43 bits per heavy atom. The summed E-state index contributed by atoms with van der Waals surface area (Å²) in [4.78, 5) is 8.56. The number of aromatic amines is 1. The fourth-order valence-electron chi connectivity index (χ4n) is 4.14. The molecule has 0 aliphatic rings. The maximum atomic E-state index is 6.21. The van der Waals surface area contributed by atoms with E-state index in [2.05, 4.69) is 39.6 Å². The molecule has 0 aliphatic carbocycles. The van der Waals surface area contributed by atoms with Crippen LogP contribution in [0.2, 0.25) is 5.02 Å². The minimum atomic E-state index is 0.266. The van der Waals surface area contributed by atoms with Crippen LogP contribution in [0.1, 0.15) is 5.69 Å². The zero-order valence-corrected chi connectivity index (χ0v) is 20.5. The predicted octanol–water partition coefficient (Wildman–Crippen LogP) is 7.22. The quantitative estimate of drug-likeness (QED) is 0.249.